The van der Waals surface area contributed by atoms with Crippen LogP contribution in [0.25, 0.3) is 0 Å². The van der Waals surface area contributed by atoms with Crippen LogP contribution in [0.15, 0.2) is 72.8 Å². The van der Waals surface area contributed by atoms with E-state index in [0.29, 0.717) is 0 Å². The molecule has 4 N–H and O–H groups in total. The van der Waals surface area contributed by atoms with Crippen LogP contribution < -0.4 is 16.0 Å². The van der Waals surface area contributed by atoms with E-state index in [2.05, 4.69) is 16.0 Å². The average molecular weight is 466 g/mol. The number of nitrogens with one attached hydrogen (secondary N) is 3. The number of carbonyl (C=O) groups is 2. The number of hydrogen-bond donors (Lipinski definition) is 4. The van der Waals surface area contributed by atoms with Gasteiger partial charge < -0.3 is 21.1 Å². The number of anilines is 1. The molecule has 34 heavy (non-hydrogen) atoms. The molecule has 2 amide bonds. The molecule has 3 aromatic rings. The molecule has 4 rings (SSSR count). The maximum atomic E-state index is 13.4. The van der Waals surface area contributed by atoms with Gasteiger partial charge in [0, 0.05) is 17.7 Å². The first-order valence-corrected chi connectivity index (χ1v) is 10.9. The first-order valence-electron chi connectivity index (χ1n) is 10.9. The van der Waals surface area contributed by atoms with Crippen LogP contribution in [0.2, 0.25) is 0 Å². The lowest BCUT2D eigenvalue weighted by molar-refractivity contribution is -0.129. The van der Waals surface area contributed by atoms with Gasteiger partial charge in [0.1, 0.15) is 23.9 Å². The second-order valence-electron chi connectivity index (χ2n) is 8.34. The van der Waals surface area contributed by atoms with Crippen LogP contribution in [0.3, 0.4) is 0 Å². The number of aliphatic hydroxyl groups excluding tert-OH is 1. The van der Waals surface area contributed by atoms with E-state index < -0.39 is 41.8 Å². The predicted molar refractivity (Wildman–Crippen MR) is 124 cm³/mol. The normalized spacial score (nSPS) is 19.9. The molecule has 0 aromatic heterocycles. The summed E-state index contributed by atoms with van der Waals surface area (Å²) in [6.07, 6.45) is -1.35. The van der Waals surface area contributed by atoms with Gasteiger partial charge in [-0.15, -0.1) is 0 Å². The highest BCUT2D eigenvalue weighted by atomic mass is 19.1. The Morgan fingerprint density at radius 2 is 1.65 bits per heavy atom. The van der Waals surface area contributed by atoms with Gasteiger partial charge in [-0.1, -0.05) is 48.5 Å². The highest BCUT2D eigenvalue weighted by Crippen LogP contribution is 2.38. The Labute approximate surface area is 196 Å². The van der Waals surface area contributed by atoms with Gasteiger partial charge in [-0.3, -0.25) is 9.59 Å². The lowest BCUT2D eigenvalue weighted by Crippen LogP contribution is -2.57. The van der Waals surface area contributed by atoms with Crippen LogP contribution in [0, 0.1) is 11.6 Å². The third-order valence-electron chi connectivity index (χ3n) is 5.82. The number of fused-ring (bicyclic) bond motifs is 1. The summed E-state index contributed by atoms with van der Waals surface area (Å²) in [6.45, 7) is 1.51. The zero-order chi connectivity index (χ0) is 24.2. The first-order chi connectivity index (χ1) is 16.3. The van der Waals surface area contributed by atoms with Gasteiger partial charge in [0.15, 0.2) is 0 Å². The van der Waals surface area contributed by atoms with E-state index in [1.165, 1.54) is 6.92 Å². The monoisotopic (exact) mass is 465 g/mol. The van der Waals surface area contributed by atoms with E-state index in [9.17, 15) is 23.5 Å². The lowest BCUT2D eigenvalue weighted by atomic mass is 9.80. The molecule has 0 radical (unpaired) electrons. The topological polar surface area (TPSA) is 90.5 Å². The van der Waals surface area contributed by atoms with Crippen molar-refractivity contribution in [1.29, 1.82) is 0 Å². The third-order valence-corrected chi connectivity index (χ3v) is 5.82. The Morgan fingerprint density at radius 3 is 2.35 bits per heavy atom. The van der Waals surface area contributed by atoms with Gasteiger partial charge in [0.05, 0.1) is 12.5 Å². The fraction of sp³-hybridized carbons (Fsp3) is 0.231. The lowest BCUT2D eigenvalue weighted by Gasteiger charge is -2.39. The summed E-state index contributed by atoms with van der Waals surface area (Å²) in [6, 6.07) is 18.3. The van der Waals surface area contributed by atoms with E-state index in [1.54, 1.807) is 0 Å². The number of para-hydroxylation sites is 1. The molecule has 8 heteroatoms. The summed E-state index contributed by atoms with van der Waals surface area (Å²) in [5.74, 6) is -2.93. The minimum atomic E-state index is -1.07. The van der Waals surface area contributed by atoms with Gasteiger partial charge in [-0.05, 0) is 41.8 Å². The Morgan fingerprint density at radius 1 is 1.00 bits per heavy atom. The third kappa shape index (κ3) is 5.23. The Hall–Kier alpha value is -3.78. The van der Waals surface area contributed by atoms with Crippen molar-refractivity contribution >= 4 is 17.5 Å². The summed E-state index contributed by atoms with van der Waals surface area (Å²) in [4.78, 5) is 25.3. The molecule has 0 spiro atoms. The van der Waals surface area contributed by atoms with Crippen molar-refractivity contribution in [2.45, 2.75) is 37.6 Å². The van der Waals surface area contributed by atoms with Crippen LogP contribution in [-0.2, 0) is 16.0 Å². The van der Waals surface area contributed by atoms with E-state index >= 15 is 0 Å². The number of amides is 2. The number of aliphatic hydroxyl groups is 1. The van der Waals surface area contributed by atoms with Gasteiger partial charge in [-0.25, -0.2) is 8.78 Å². The van der Waals surface area contributed by atoms with Crippen molar-refractivity contribution in [1.82, 2.24) is 10.6 Å². The molecule has 1 heterocycles. The van der Waals surface area contributed by atoms with Gasteiger partial charge in [0.2, 0.25) is 11.8 Å². The Balaban J connectivity index is 1.48. The molecule has 1 aliphatic rings. The molecule has 176 valence electrons. The Kier molecular flexibility index (Phi) is 6.88. The highest BCUT2D eigenvalue weighted by Gasteiger charge is 2.38. The number of rotatable bonds is 6. The van der Waals surface area contributed by atoms with Gasteiger partial charge in [0.25, 0.3) is 0 Å². The number of benzene rings is 3. The molecule has 3 aromatic carbocycles. The van der Waals surface area contributed by atoms with Crippen molar-refractivity contribution in [3.63, 3.8) is 0 Å². The van der Waals surface area contributed by atoms with Crippen molar-refractivity contribution in [3.05, 3.63) is 101 Å². The summed E-state index contributed by atoms with van der Waals surface area (Å²) < 4.78 is 26.8. The first kappa shape index (κ1) is 23.4. The molecule has 4 atom stereocenters. The summed E-state index contributed by atoms with van der Waals surface area (Å²) >= 11 is 0. The van der Waals surface area contributed by atoms with E-state index in [-0.39, 0.29) is 17.9 Å². The Bertz CT molecular complexity index is 1170. The summed E-state index contributed by atoms with van der Waals surface area (Å²) in [5.41, 5.74) is 2.79. The van der Waals surface area contributed by atoms with E-state index in [4.69, 9.17) is 0 Å². The largest absolute Gasteiger partial charge is 0.372 e. The van der Waals surface area contributed by atoms with Crippen LogP contribution in [0.5, 0.6) is 0 Å². The van der Waals surface area contributed by atoms with Crippen molar-refractivity contribution in [2.24, 2.45) is 0 Å². The average Bonchev–Trinajstić information content (AvgIpc) is 2.79. The molecule has 6 nitrogen and oxygen atoms in total. The quantitative estimate of drug-likeness (QED) is 0.451. The van der Waals surface area contributed by atoms with E-state index in [0.717, 1.165) is 35.0 Å². The standard InChI is InChI=1S/C26H25F2N3O3/c1-15(29-22(32)13-16-11-18(27)14-19(28)12-16)25(33)31-24-23(17-7-3-2-4-8-17)20-9-5-6-10-21(20)30-26(24)34/h2-12,14-15,23-24,26,30,34H,13H2,1H3,(H,29,32)(H,31,33)/t15-,23?,24+,26-/m0/s1. The van der Waals surface area contributed by atoms with E-state index in [1.807, 2.05) is 54.6 Å². The number of carbonyl (C=O) groups excluding carboxylic acids is 2. The second-order valence-corrected chi connectivity index (χ2v) is 8.34. The second kappa shape index (κ2) is 10.0. The van der Waals surface area contributed by atoms with Gasteiger partial charge >= 0.3 is 0 Å². The molecule has 1 aliphatic heterocycles. The zero-order valence-electron chi connectivity index (χ0n) is 18.5. The minimum Gasteiger partial charge on any atom is -0.372 e. The fourth-order valence-corrected chi connectivity index (χ4v) is 4.28. The minimum absolute atomic E-state index is 0.162. The van der Waals surface area contributed by atoms with Crippen molar-refractivity contribution in [2.75, 3.05) is 5.32 Å². The molecule has 0 bridgehead atoms. The molecule has 0 saturated heterocycles. The van der Waals surface area contributed by atoms with Crippen LogP contribution >= 0.6 is 0 Å². The smallest absolute Gasteiger partial charge is 0.242 e. The molecule has 0 aliphatic carbocycles. The maximum absolute atomic E-state index is 13.4. The van der Waals surface area contributed by atoms with Gasteiger partial charge in [-0.2, -0.15) is 0 Å². The number of halogens is 2. The predicted octanol–water partition coefficient (Wildman–Crippen LogP) is 3.07. The summed E-state index contributed by atoms with van der Waals surface area (Å²) in [5, 5.41) is 19.2. The fourth-order valence-electron chi connectivity index (χ4n) is 4.28. The SMILES string of the molecule is C[C@H](NC(=O)Cc1cc(F)cc(F)c1)C(=O)N[C@@H]1C(c2ccccc2)c2ccccc2N[C@H]1O. The van der Waals surface area contributed by atoms with Crippen LogP contribution in [0.1, 0.15) is 29.5 Å². The molecule has 0 saturated carbocycles. The van der Waals surface area contributed by atoms with Crippen LogP contribution in [-0.4, -0.2) is 35.2 Å². The highest BCUT2D eigenvalue weighted by molar-refractivity contribution is 5.88. The molecule has 1 unspecified atom stereocenters. The van der Waals surface area contributed by atoms with Crippen molar-refractivity contribution < 1.29 is 23.5 Å². The molecular weight excluding hydrogens is 440 g/mol. The molecule has 0 fully saturated rings. The zero-order valence-corrected chi connectivity index (χ0v) is 18.5. The number of hydrogen-bond acceptors (Lipinski definition) is 4. The maximum Gasteiger partial charge on any atom is 0.242 e. The summed E-state index contributed by atoms with van der Waals surface area (Å²) in [7, 11) is 0. The molecular formula is C26H25F2N3O3. The van der Waals surface area contributed by atoms with Crippen LogP contribution in [0.4, 0.5) is 14.5 Å². The van der Waals surface area contributed by atoms with Crippen molar-refractivity contribution in [3.8, 4) is 0 Å².